The minimum Gasteiger partial charge on any atom is -0.385 e. The van der Waals surface area contributed by atoms with E-state index in [1.165, 1.54) is 0 Å². The van der Waals surface area contributed by atoms with Crippen molar-refractivity contribution in [2.75, 3.05) is 37.1 Å². The van der Waals surface area contributed by atoms with Crippen molar-refractivity contribution in [1.29, 1.82) is 0 Å². The van der Waals surface area contributed by atoms with E-state index in [1.807, 2.05) is 6.07 Å². The summed E-state index contributed by atoms with van der Waals surface area (Å²) < 4.78 is 5.00. The van der Waals surface area contributed by atoms with Gasteiger partial charge in [-0.1, -0.05) is 6.92 Å². The fourth-order valence-corrected chi connectivity index (χ4v) is 2.06. The normalized spacial score (nSPS) is 10.5. The maximum Gasteiger partial charge on any atom is 0.223 e. The minimum absolute atomic E-state index is 0.320. The number of ether oxygens (including phenoxy) is 1. The van der Waals surface area contributed by atoms with Crippen LogP contribution in [-0.4, -0.2) is 36.0 Å². The summed E-state index contributed by atoms with van der Waals surface area (Å²) in [6.07, 6.45) is 2.06. The van der Waals surface area contributed by atoms with Gasteiger partial charge in [-0.05, 0) is 12.8 Å². The summed E-state index contributed by atoms with van der Waals surface area (Å²) in [7, 11) is 1.71. The highest BCUT2D eigenvalue weighted by molar-refractivity contribution is 7.99. The Kier molecular flexibility index (Phi) is 6.73. The van der Waals surface area contributed by atoms with Gasteiger partial charge < -0.3 is 15.8 Å². The number of aromatic nitrogens is 2. The van der Waals surface area contributed by atoms with Gasteiger partial charge in [0.05, 0.1) is 0 Å². The molecule has 5 nitrogen and oxygen atoms in total. The number of nitrogens with one attached hydrogen (secondary N) is 1. The van der Waals surface area contributed by atoms with Crippen molar-refractivity contribution in [3.63, 3.8) is 0 Å². The van der Waals surface area contributed by atoms with Crippen LogP contribution in [-0.2, 0) is 4.74 Å². The molecule has 0 unspecified atom stereocenters. The summed E-state index contributed by atoms with van der Waals surface area (Å²) in [5.41, 5.74) is 5.66. The van der Waals surface area contributed by atoms with Crippen molar-refractivity contribution in [3.05, 3.63) is 6.07 Å². The second-order valence-electron chi connectivity index (χ2n) is 3.57. The quantitative estimate of drug-likeness (QED) is 0.421. The largest absolute Gasteiger partial charge is 0.385 e. The van der Waals surface area contributed by atoms with Crippen molar-refractivity contribution in [2.45, 2.75) is 24.8 Å². The molecule has 96 valence electrons. The fourth-order valence-electron chi connectivity index (χ4n) is 1.24. The third kappa shape index (κ3) is 5.74. The van der Waals surface area contributed by atoms with E-state index in [0.717, 1.165) is 42.6 Å². The number of nitrogens with two attached hydrogens (primary N) is 1. The predicted octanol–water partition coefficient (Wildman–Crippen LogP) is 2.01. The van der Waals surface area contributed by atoms with Gasteiger partial charge in [-0.3, -0.25) is 0 Å². The van der Waals surface area contributed by atoms with Crippen molar-refractivity contribution in [2.24, 2.45) is 0 Å². The summed E-state index contributed by atoms with van der Waals surface area (Å²) in [6.45, 7) is 3.77. The predicted molar refractivity (Wildman–Crippen MR) is 72.4 cm³/mol. The average molecular weight is 256 g/mol. The highest BCUT2D eigenvalue weighted by Crippen LogP contribution is 2.20. The van der Waals surface area contributed by atoms with Crippen molar-refractivity contribution in [3.8, 4) is 0 Å². The lowest BCUT2D eigenvalue weighted by Gasteiger charge is -2.07. The second-order valence-corrected chi connectivity index (χ2v) is 4.69. The van der Waals surface area contributed by atoms with E-state index < -0.39 is 0 Å². The van der Waals surface area contributed by atoms with Crippen LogP contribution in [0, 0.1) is 0 Å². The molecule has 6 heteroatoms. The number of hydrogen-bond acceptors (Lipinski definition) is 6. The Morgan fingerprint density at radius 1 is 1.47 bits per heavy atom. The first kappa shape index (κ1) is 14.1. The molecule has 1 aromatic heterocycles. The Balaban J connectivity index is 2.50. The van der Waals surface area contributed by atoms with Gasteiger partial charge in [0.25, 0.3) is 0 Å². The van der Waals surface area contributed by atoms with Crippen LogP contribution < -0.4 is 11.1 Å². The van der Waals surface area contributed by atoms with Gasteiger partial charge in [-0.25, -0.2) is 4.98 Å². The van der Waals surface area contributed by atoms with Gasteiger partial charge in [0.2, 0.25) is 5.95 Å². The maximum absolute atomic E-state index is 5.66. The SMILES string of the molecule is CCCNc1cc(SCCCOC)nc(N)n1. The van der Waals surface area contributed by atoms with Crippen LogP contribution in [0.25, 0.3) is 0 Å². The Hall–Kier alpha value is -1.01. The topological polar surface area (TPSA) is 73.1 Å². The summed E-state index contributed by atoms with van der Waals surface area (Å²) >= 11 is 1.67. The Bertz CT molecular complexity index is 335. The summed E-state index contributed by atoms with van der Waals surface area (Å²) in [5, 5.41) is 4.12. The number of nitrogen functional groups attached to an aromatic ring is 1. The van der Waals surface area contributed by atoms with E-state index in [0.29, 0.717) is 5.95 Å². The van der Waals surface area contributed by atoms with Gasteiger partial charge in [-0.2, -0.15) is 4.98 Å². The van der Waals surface area contributed by atoms with Crippen molar-refractivity contribution in [1.82, 2.24) is 9.97 Å². The van der Waals surface area contributed by atoms with Gasteiger partial charge in [0.15, 0.2) is 0 Å². The van der Waals surface area contributed by atoms with Crippen LogP contribution in [0.15, 0.2) is 11.1 Å². The molecule has 0 fully saturated rings. The lowest BCUT2D eigenvalue weighted by Crippen LogP contribution is -2.05. The highest BCUT2D eigenvalue weighted by atomic mass is 32.2. The third-order valence-corrected chi connectivity index (χ3v) is 3.02. The number of hydrogen-bond donors (Lipinski definition) is 2. The van der Waals surface area contributed by atoms with Gasteiger partial charge in [0, 0.05) is 32.1 Å². The van der Waals surface area contributed by atoms with Crippen LogP contribution in [0.5, 0.6) is 0 Å². The number of methoxy groups -OCH3 is 1. The lowest BCUT2D eigenvalue weighted by molar-refractivity contribution is 0.200. The molecule has 17 heavy (non-hydrogen) atoms. The zero-order valence-electron chi connectivity index (χ0n) is 10.4. The van der Waals surface area contributed by atoms with E-state index in [-0.39, 0.29) is 0 Å². The Morgan fingerprint density at radius 3 is 3.00 bits per heavy atom. The molecule has 0 aromatic carbocycles. The van der Waals surface area contributed by atoms with Gasteiger partial charge in [-0.15, -0.1) is 11.8 Å². The Morgan fingerprint density at radius 2 is 2.29 bits per heavy atom. The van der Waals surface area contributed by atoms with Gasteiger partial charge >= 0.3 is 0 Å². The molecule has 0 spiro atoms. The van der Waals surface area contributed by atoms with E-state index in [1.54, 1.807) is 18.9 Å². The van der Waals surface area contributed by atoms with Crippen LogP contribution in [0.2, 0.25) is 0 Å². The number of thioether (sulfide) groups is 1. The highest BCUT2D eigenvalue weighted by Gasteiger charge is 2.02. The zero-order chi connectivity index (χ0) is 12.5. The van der Waals surface area contributed by atoms with Crippen LogP contribution in [0.1, 0.15) is 19.8 Å². The fraction of sp³-hybridized carbons (Fsp3) is 0.636. The molecule has 0 saturated heterocycles. The second kappa shape index (κ2) is 8.14. The van der Waals surface area contributed by atoms with Crippen molar-refractivity contribution < 1.29 is 4.74 Å². The molecular weight excluding hydrogens is 236 g/mol. The molecule has 0 bridgehead atoms. The average Bonchev–Trinajstić information content (AvgIpc) is 2.31. The molecule has 1 rings (SSSR count). The smallest absolute Gasteiger partial charge is 0.223 e. The van der Waals surface area contributed by atoms with Crippen LogP contribution in [0.4, 0.5) is 11.8 Å². The molecule has 0 aliphatic carbocycles. The Labute approximate surface area is 107 Å². The summed E-state index contributed by atoms with van der Waals surface area (Å²) in [4.78, 5) is 8.32. The number of anilines is 2. The standard InChI is InChI=1S/C11H20N4OS/c1-3-5-13-9-8-10(15-11(12)14-9)17-7-4-6-16-2/h8H,3-7H2,1-2H3,(H3,12,13,14,15). The number of rotatable bonds is 8. The first-order chi connectivity index (χ1) is 8.26. The lowest BCUT2D eigenvalue weighted by atomic mass is 10.4. The van der Waals surface area contributed by atoms with E-state index in [2.05, 4.69) is 22.2 Å². The molecule has 0 radical (unpaired) electrons. The molecule has 0 aliphatic heterocycles. The third-order valence-electron chi connectivity index (χ3n) is 2.02. The van der Waals surface area contributed by atoms with Crippen molar-refractivity contribution >= 4 is 23.5 Å². The number of nitrogens with zero attached hydrogens (tertiary/aromatic N) is 2. The first-order valence-corrected chi connectivity index (χ1v) is 6.75. The van der Waals surface area contributed by atoms with Crippen LogP contribution in [0.3, 0.4) is 0 Å². The molecule has 1 heterocycles. The molecule has 0 amide bonds. The molecule has 1 aromatic rings. The summed E-state index contributed by atoms with van der Waals surface area (Å²) in [6, 6.07) is 1.93. The molecule has 0 aliphatic rings. The summed E-state index contributed by atoms with van der Waals surface area (Å²) in [5.74, 6) is 2.09. The monoisotopic (exact) mass is 256 g/mol. The van der Waals surface area contributed by atoms with E-state index >= 15 is 0 Å². The molecule has 0 atom stereocenters. The molecular formula is C11H20N4OS. The van der Waals surface area contributed by atoms with Gasteiger partial charge in [0.1, 0.15) is 10.8 Å². The maximum atomic E-state index is 5.66. The minimum atomic E-state index is 0.320. The van der Waals surface area contributed by atoms with Crippen LogP contribution >= 0.6 is 11.8 Å². The van der Waals surface area contributed by atoms with E-state index in [9.17, 15) is 0 Å². The zero-order valence-corrected chi connectivity index (χ0v) is 11.2. The molecule has 3 N–H and O–H groups in total. The first-order valence-electron chi connectivity index (χ1n) is 5.76. The van der Waals surface area contributed by atoms with E-state index in [4.69, 9.17) is 10.5 Å². The molecule has 0 saturated carbocycles.